The maximum Gasteiger partial charge on any atom is 0.586 e. The van der Waals surface area contributed by atoms with Gasteiger partial charge in [-0.2, -0.15) is 5.10 Å². The Balaban J connectivity index is 1.74. The number of carbonyl (C=O) groups excluding carboxylic acids is 2. The summed E-state index contributed by atoms with van der Waals surface area (Å²) in [6, 6.07) is 2.96. The summed E-state index contributed by atoms with van der Waals surface area (Å²) >= 11 is 0. The monoisotopic (exact) mass is 364 g/mol. The number of halogens is 2. The molecule has 2 aliphatic heterocycles. The zero-order chi connectivity index (χ0) is 18.6. The topological polar surface area (TPSA) is 99.7 Å². The first-order valence-electron chi connectivity index (χ1n) is 7.78. The Labute approximate surface area is 146 Å². The number of aromatic nitrogens is 2. The van der Waals surface area contributed by atoms with E-state index in [9.17, 15) is 18.4 Å². The summed E-state index contributed by atoms with van der Waals surface area (Å²) in [6.45, 7) is 0.180. The molecule has 8 nitrogen and oxygen atoms in total. The molecule has 0 fully saturated rings. The standard InChI is InChI=1S/C16H14F2N4O4/c1-21-10-5-6-22(12(14(19)23)9(10)7-20-21)15(24)8-3-2-4-11-13(8)26-16(17,18)25-11/h2-4,7,12H,5-6H2,1H3,(H2,19,23). The second-order valence-electron chi connectivity index (χ2n) is 6.02. The van der Waals surface area contributed by atoms with E-state index < -0.39 is 24.2 Å². The van der Waals surface area contributed by atoms with Crippen LogP contribution in [0.3, 0.4) is 0 Å². The molecule has 1 unspecified atom stereocenters. The van der Waals surface area contributed by atoms with E-state index in [2.05, 4.69) is 14.6 Å². The van der Waals surface area contributed by atoms with Crippen LogP contribution in [-0.4, -0.2) is 39.3 Å². The fourth-order valence-electron chi connectivity index (χ4n) is 3.36. The number of nitrogens with two attached hydrogens (primary N) is 1. The van der Waals surface area contributed by atoms with Crippen LogP contribution in [0, 0.1) is 0 Å². The predicted molar refractivity (Wildman–Crippen MR) is 82.5 cm³/mol. The summed E-state index contributed by atoms with van der Waals surface area (Å²) in [5.41, 5.74) is 6.70. The fourth-order valence-corrected chi connectivity index (χ4v) is 3.36. The number of rotatable bonds is 2. The summed E-state index contributed by atoms with van der Waals surface area (Å²) in [5, 5.41) is 4.10. The number of primary amides is 1. The summed E-state index contributed by atoms with van der Waals surface area (Å²) in [5.74, 6) is -1.98. The van der Waals surface area contributed by atoms with Crippen molar-refractivity contribution in [1.82, 2.24) is 14.7 Å². The van der Waals surface area contributed by atoms with Gasteiger partial charge in [-0.15, -0.1) is 8.78 Å². The Hall–Kier alpha value is -3.17. The number of ether oxygens (including phenoxy) is 2. The molecule has 0 saturated carbocycles. The molecule has 136 valence electrons. The van der Waals surface area contributed by atoms with Crippen molar-refractivity contribution < 1.29 is 27.8 Å². The number of alkyl halides is 2. The zero-order valence-electron chi connectivity index (χ0n) is 13.6. The van der Waals surface area contributed by atoms with Crippen LogP contribution in [0.1, 0.15) is 27.7 Å². The van der Waals surface area contributed by atoms with E-state index in [0.29, 0.717) is 12.0 Å². The van der Waals surface area contributed by atoms with E-state index in [1.54, 1.807) is 11.7 Å². The fraction of sp³-hybridized carbons (Fsp3) is 0.312. The van der Waals surface area contributed by atoms with E-state index in [-0.39, 0.29) is 23.6 Å². The maximum absolute atomic E-state index is 13.4. The van der Waals surface area contributed by atoms with Crippen molar-refractivity contribution in [1.29, 1.82) is 0 Å². The van der Waals surface area contributed by atoms with Gasteiger partial charge in [-0.3, -0.25) is 14.3 Å². The number of amides is 2. The molecular formula is C16H14F2N4O4. The number of benzene rings is 1. The summed E-state index contributed by atoms with van der Waals surface area (Å²) in [7, 11) is 1.73. The molecule has 26 heavy (non-hydrogen) atoms. The second-order valence-corrected chi connectivity index (χ2v) is 6.02. The quantitative estimate of drug-likeness (QED) is 0.856. The molecule has 10 heteroatoms. The molecule has 2 amide bonds. The van der Waals surface area contributed by atoms with Gasteiger partial charge in [0.05, 0.1) is 11.8 Å². The molecule has 4 rings (SSSR count). The van der Waals surface area contributed by atoms with Crippen molar-refractivity contribution in [3.05, 3.63) is 41.2 Å². The highest BCUT2D eigenvalue weighted by Gasteiger charge is 2.46. The molecule has 2 aliphatic rings. The summed E-state index contributed by atoms with van der Waals surface area (Å²) in [6.07, 6.45) is -1.92. The SMILES string of the molecule is Cn1ncc2c1CCN(C(=O)c1cccc3c1OC(F)(F)O3)C2C(N)=O. The lowest BCUT2D eigenvalue weighted by atomic mass is 9.97. The van der Waals surface area contributed by atoms with Crippen molar-refractivity contribution in [2.45, 2.75) is 18.8 Å². The third kappa shape index (κ3) is 2.37. The first-order chi connectivity index (χ1) is 12.3. The number of para-hydroxylation sites is 1. The largest absolute Gasteiger partial charge is 0.586 e. The van der Waals surface area contributed by atoms with E-state index in [4.69, 9.17) is 5.73 Å². The van der Waals surface area contributed by atoms with Gasteiger partial charge in [0.25, 0.3) is 5.91 Å². The van der Waals surface area contributed by atoms with Crippen molar-refractivity contribution in [2.24, 2.45) is 12.8 Å². The lowest BCUT2D eigenvalue weighted by molar-refractivity contribution is -0.286. The van der Waals surface area contributed by atoms with Gasteiger partial charge < -0.3 is 20.1 Å². The van der Waals surface area contributed by atoms with Crippen molar-refractivity contribution in [3.8, 4) is 11.5 Å². The van der Waals surface area contributed by atoms with Gasteiger partial charge in [-0.1, -0.05) is 6.07 Å². The zero-order valence-corrected chi connectivity index (χ0v) is 13.6. The number of aryl methyl sites for hydroxylation is 1. The summed E-state index contributed by atoms with van der Waals surface area (Å²) < 4.78 is 37.2. The molecule has 0 radical (unpaired) electrons. The van der Waals surface area contributed by atoms with Crippen LogP contribution < -0.4 is 15.2 Å². The van der Waals surface area contributed by atoms with Gasteiger partial charge in [-0.05, 0) is 12.1 Å². The first kappa shape index (κ1) is 16.3. The molecule has 0 aliphatic carbocycles. The molecule has 1 atom stereocenters. The molecule has 3 heterocycles. The maximum atomic E-state index is 13.4. The van der Waals surface area contributed by atoms with Crippen LogP contribution in [0.2, 0.25) is 0 Å². The van der Waals surface area contributed by atoms with Crippen LogP contribution in [-0.2, 0) is 18.3 Å². The number of hydrogen-bond donors (Lipinski definition) is 1. The Bertz CT molecular complexity index is 927. The van der Waals surface area contributed by atoms with Gasteiger partial charge in [0, 0.05) is 31.3 Å². The molecule has 0 bridgehead atoms. The van der Waals surface area contributed by atoms with Crippen LogP contribution >= 0.6 is 0 Å². The Morgan fingerprint density at radius 1 is 1.35 bits per heavy atom. The van der Waals surface area contributed by atoms with Gasteiger partial charge in [-0.25, -0.2) is 0 Å². The average molecular weight is 364 g/mol. The molecule has 0 spiro atoms. The number of nitrogens with zero attached hydrogens (tertiary/aromatic N) is 3. The van der Waals surface area contributed by atoms with Crippen LogP contribution in [0.4, 0.5) is 8.78 Å². The van der Waals surface area contributed by atoms with Crippen molar-refractivity contribution >= 4 is 11.8 Å². The number of hydrogen-bond acceptors (Lipinski definition) is 5. The van der Waals surface area contributed by atoms with E-state index in [1.165, 1.54) is 29.3 Å². The second kappa shape index (κ2) is 5.41. The van der Waals surface area contributed by atoms with Crippen LogP contribution in [0.5, 0.6) is 11.5 Å². The third-order valence-electron chi connectivity index (χ3n) is 4.48. The normalized spacial score (nSPS) is 20.0. The van der Waals surface area contributed by atoms with Gasteiger partial charge >= 0.3 is 6.29 Å². The minimum absolute atomic E-state index is 0.127. The van der Waals surface area contributed by atoms with Gasteiger partial charge in [0.1, 0.15) is 6.04 Å². The van der Waals surface area contributed by atoms with Gasteiger partial charge in [0.15, 0.2) is 11.5 Å². The smallest absolute Gasteiger partial charge is 0.395 e. The van der Waals surface area contributed by atoms with Gasteiger partial charge in [0.2, 0.25) is 5.91 Å². The molecule has 2 N–H and O–H groups in total. The predicted octanol–water partition coefficient (Wildman–Crippen LogP) is 0.966. The highest BCUT2D eigenvalue weighted by molar-refractivity contribution is 6.00. The van der Waals surface area contributed by atoms with E-state index in [1.807, 2.05) is 0 Å². The Morgan fingerprint density at radius 2 is 2.12 bits per heavy atom. The number of fused-ring (bicyclic) bond motifs is 2. The van der Waals surface area contributed by atoms with Crippen LogP contribution in [0.15, 0.2) is 24.4 Å². The Kier molecular flexibility index (Phi) is 3.40. The molecule has 0 saturated heterocycles. The lowest BCUT2D eigenvalue weighted by Gasteiger charge is -2.34. The summed E-state index contributed by atoms with van der Waals surface area (Å²) in [4.78, 5) is 26.3. The molecular weight excluding hydrogens is 350 g/mol. The first-order valence-corrected chi connectivity index (χ1v) is 7.78. The van der Waals surface area contributed by atoms with E-state index >= 15 is 0 Å². The molecule has 1 aromatic heterocycles. The minimum Gasteiger partial charge on any atom is -0.395 e. The molecule has 2 aromatic rings. The third-order valence-corrected chi connectivity index (χ3v) is 4.48. The highest BCUT2D eigenvalue weighted by atomic mass is 19.3. The Morgan fingerprint density at radius 3 is 2.85 bits per heavy atom. The lowest BCUT2D eigenvalue weighted by Crippen LogP contribution is -2.45. The van der Waals surface area contributed by atoms with Crippen molar-refractivity contribution in [3.63, 3.8) is 0 Å². The highest BCUT2D eigenvalue weighted by Crippen LogP contribution is 2.44. The van der Waals surface area contributed by atoms with E-state index in [0.717, 1.165) is 5.69 Å². The minimum atomic E-state index is -3.85. The average Bonchev–Trinajstić information content (AvgIpc) is 3.11. The van der Waals surface area contributed by atoms with Crippen LogP contribution in [0.25, 0.3) is 0 Å². The number of carbonyl (C=O) groups is 2. The molecule has 1 aromatic carbocycles. The van der Waals surface area contributed by atoms with Crippen molar-refractivity contribution in [2.75, 3.05) is 6.54 Å².